The Hall–Kier alpha value is -4.58. The SMILES string of the molecule is CN(C[C@@H]1C[C@H](c2ccc(CO)cc2)O[C@H](c2ccc(-c3cccc(CNC(=O)CCC(=O)O)c3)cc2)O1)C[C@@H](O)c1cccc(O)c1. The van der Waals surface area contributed by atoms with Crippen molar-refractivity contribution < 1.29 is 39.5 Å². The number of hydrogen-bond donors (Lipinski definition) is 5. The molecular weight excluding hydrogens is 612 g/mol. The maximum Gasteiger partial charge on any atom is 0.303 e. The van der Waals surface area contributed by atoms with E-state index < -0.39 is 18.4 Å². The normalized spacial score (nSPS) is 18.4. The minimum absolute atomic E-state index is 0.0385. The van der Waals surface area contributed by atoms with Gasteiger partial charge in [-0.05, 0) is 58.6 Å². The molecule has 10 nitrogen and oxygen atoms in total. The predicted octanol–water partition coefficient (Wildman–Crippen LogP) is 5.24. The second kappa shape index (κ2) is 16.5. The van der Waals surface area contributed by atoms with E-state index in [9.17, 15) is 24.9 Å². The molecule has 4 aromatic rings. The Morgan fingerprint density at radius 2 is 1.60 bits per heavy atom. The lowest BCUT2D eigenvalue weighted by molar-refractivity contribution is -0.252. The van der Waals surface area contributed by atoms with Crippen molar-refractivity contribution in [2.75, 3.05) is 20.1 Å². The van der Waals surface area contributed by atoms with Crippen LogP contribution < -0.4 is 5.32 Å². The molecule has 1 heterocycles. The summed E-state index contributed by atoms with van der Waals surface area (Å²) in [5.74, 6) is -1.20. The van der Waals surface area contributed by atoms with E-state index in [0.717, 1.165) is 33.4 Å². The minimum atomic E-state index is -1.00. The van der Waals surface area contributed by atoms with Gasteiger partial charge in [0.1, 0.15) is 5.75 Å². The van der Waals surface area contributed by atoms with Crippen LogP contribution >= 0.6 is 0 Å². The van der Waals surface area contributed by atoms with E-state index >= 15 is 0 Å². The lowest BCUT2D eigenvalue weighted by Crippen LogP contribution is -2.39. The average molecular weight is 655 g/mol. The van der Waals surface area contributed by atoms with Crippen molar-refractivity contribution in [2.45, 2.75) is 57.0 Å². The molecule has 1 amide bonds. The number of aliphatic hydroxyl groups excluding tert-OH is 2. The van der Waals surface area contributed by atoms with Gasteiger partial charge in [-0.2, -0.15) is 0 Å². The third kappa shape index (κ3) is 9.72. The number of rotatable bonds is 14. The first kappa shape index (κ1) is 34.7. The number of phenolic OH excluding ortho intramolecular Hbond substituents is 1. The fourth-order valence-corrected chi connectivity index (χ4v) is 5.79. The number of phenols is 1. The van der Waals surface area contributed by atoms with Crippen LogP contribution in [-0.2, 0) is 32.2 Å². The third-order valence-electron chi connectivity index (χ3n) is 8.37. The van der Waals surface area contributed by atoms with Crippen molar-refractivity contribution in [1.82, 2.24) is 10.2 Å². The number of aliphatic hydroxyl groups is 2. The van der Waals surface area contributed by atoms with Crippen molar-refractivity contribution in [3.8, 4) is 16.9 Å². The summed E-state index contributed by atoms with van der Waals surface area (Å²) >= 11 is 0. The molecule has 0 aromatic heterocycles. The number of carbonyl (C=O) groups is 2. The zero-order valence-electron chi connectivity index (χ0n) is 26.9. The molecule has 1 fully saturated rings. The maximum absolute atomic E-state index is 12.0. The Balaban J connectivity index is 1.28. The van der Waals surface area contributed by atoms with Gasteiger partial charge in [-0.1, -0.05) is 78.9 Å². The lowest BCUT2D eigenvalue weighted by atomic mass is 9.99. The summed E-state index contributed by atoms with van der Waals surface area (Å²) in [4.78, 5) is 24.7. The number of aliphatic carboxylic acids is 1. The van der Waals surface area contributed by atoms with E-state index in [0.29, 0.717) is 31.6 Å². The number of hydrogen-bond acceptors (Lipinski definition) is 8. The highest BCUT2D eigenvalue weighted by atomic mass is 16.7. The fraction of sp³-hybridized carbons (Fsp3) is 0.316. The lowest BCUT2D eigenvalue weighted by Gasteiger charge is -2.38. The summed E-state index contributed by atoms with van der Waals surface area (Å²) < 4.78 is 13.0. The molecule has 1 aliphatic rings. The van der Waals surface area contributed by atoms with E-state index in [-0.39, 0.29) is 43.3 Å². The number of likely N-dealkylation sites (N-methyl/N-ethyl adjacent to an activating group) is 1. The second-order valence-corrected chi connectivity index (χ2v) is 12.2. The third-order valence-corrected chi connectivity index (χ3v) is 8.37. The number of nitrogens with one attached hydrogen (secondary N) is 1. The Morgan fingerprint density at radius 1 is 0.875 bits per heavy atom. The zero-order chi connectivity index (χ0) is 34.0. The molecule has 4 atom stereocenters. The molecule has 0 unspecified atom stereocenters. The quantitative estimate of drug-likeness (QED) is 0.123. The number of benzene rings is 4. The predicted molar refractivity (Wildman–Crippen MR) is 180 cm³/mol. The standard InChI is InChI=1S/C38H42N2O8/c1-40(23-34(43)31-6-3-7-32(42)19-31)22-33-20-35(28-10-8-25(24-41)9-11-28)48-38(47-33)29-14-12-27(13-15-29)30-5-2-4-26(18-30)21-39-36(44)16-17-37(45)46/h2-15,18-19,33-35,38,41-43H,16-17,20-24H2,1H3,(H,39,44)(H,45,46)/t33-,34+,35+,38+/m0/s1. The van der Waals surface area contributed by atoms with Gasteiger partial charge in [-0.3, -0.25) is 9.59 Å². The number of carboxylic acid groups (broad SMARTS) is 1. The average Bonchev–Trinajstić information content (AvgIpc) is 3.10. The first-order valence-electron chi connectivity index (χ1n) is 16.0. The Kier molecular flexibility index (Phi) is 11.9. The van der Waals surface area contributed by atoms with Crippen LogP contribution in [0.25, 0.3) is 11.1 Å². The van der Waals surface area contributed by atoms with Crippen LogP contribution in [0.1, 0.15) is 65.6 Å². The first-order valence-corrected chi connectivity index (χ1v) is 16.0. The van der Waals surface area contributed by atoms with E-state index in [1.54, 1.807) is 24.3 Å². The van der Waals surface area contributed by atoms with Crippen molar-refractivity contribution in [3.05, 3.63) is 125 Å². The van der Waals surface area contributed by atoms with E-state index in [1.165, 1.54) is 0 Å². The Bertz CT molecular complexity index is 1660. The van der Waals surface area contributed by atoms with Crippen LogP contribution in [0.15, 0.2) is 97.1 Å². The molecule has 0 bridgehead atoms. The van der Waals surface area contributed by atoms with E-state index in [1.807, 2.05) is 84.7 Å². The first-order chi connectivity index (χ1) is 23.2. The van der Waals surface area contributed by atoms with Crippen LogP contribution in [0.5, 0.6) is 5.75 Å². The van der Waals surface area contributed by atoms with Crippen LogP contribution in [0, 0.1) is 0 Å². The molecule has 0 saturated carbocycles. The van der Waals surface area contributed by atoms with Crippen LogP contribution in [0.4, 0.5) is 0 Å². The summed E-state index contributed by atoms with van der Waals surface area (Å²) in [6, 6.07) is 30.1. The van der Waals surface area contributed by atoms with Crippen molar-refractivity contribution in [3.63, 3.8) is 0 Å². The molecule has 0 aliphatic carbocycles. The van der Waals surface area contributed by atoms with Gasteiger partial charge in [0.05, 0.1) is 31.3 Å². The Morgan fingerprint density at radius 3 is 2.31 bits per heavy atom. The van der Waals surface area contributed by atoms with E-state index in [4.69, 9.17) is 14.6 Å². The molecule has 1 aliphatic heterocycles. The van der Waals surface area contributed by atoms with Gasteiger partial charge in [0, 0.05) is 38.0 Å². The summed E-state index contributed by atoms with van der Waals surface area (Å²) in [6.07, 6.45) is -1.56. The molecule has 4 aromatic carbocycles. The molecule has 48 heavy (non-hydrogen) atoms. The van der Waals surface area contributed by atoms with Crippen molar-refractivity contribution in [1.29, 1.82) is 0 Å². The maximum atomic E-state index is 12.0. The van der Waals surface area contributed by atoms with Gasteiger partial charge in [-0.25, -0.2) is 0 Å². The monoisotopic (exact) mass is 654 g/mol. The van der Waals surface area contributed by atoms with Crippen LogP contribution in [0.2, 0.25) is 0 Å². The minimum Gasteiger partial charge on any atom is -0.508 e. The highest BCUT2D eigenvalue weighted by Gasteiger charge is 2.33. The highest BCUT2D eigenvalue weighted by Crippen LogP contribution is 2.38. The molecule has 252 valence electrons. The highest BCUT2D eigenvalue weighted by molar-refractivity contribution is 5.80. The van der Waals surface area contributed by atoms with E-state index in [2.05, 4.69) is 5.32 Å². The van der Waals surface area contributed by atoms with Gasteiger partial charge >= 0.3 is 5.97 Å². The van der Waals surface area contributed by atoms with Gasteiger partial charge < -0.3 is 40.1 Å². The van der Waals surface area contributed by atoms with Crippen LogP contribution in [0.3, 0.4) is 0 Å². The van der Waals surface area contributed by atoms with Gasteiger partial charge in [0.15, 0.2) is 6.29 Å². The number of aromatic hydroxyl groups is 1. The van der Waals surface area contributed by atoms with Gasteiger partial charge in [-0.15, -0.1) is 0 Å². The molecule has 10 heteroatoms. The largest absolute Gasteiger partial charge is 0.508 e. The topological polar surface area (TPSA) is 149 Å². The number of nitrogens with zero attached hydrogens (tertiary/aromatic N) is 1. The summed E-state index contributed by atoms with van der Waals surface area (Å²) in [5, 5.41) is 41.7. The Labute approximate surface area is 280 Å². The molecular formula is C38H42N2O8. The summed E-state index contributed by atoms with van der Waals surface area (Å²) in [7, 11) is 1.93. The number of carboxylic acids is 1. The smallest absolute Gasteiger partial charge is 0.303 e. The summed E-state index contributed by atoms with van der Waals surface area (Å²) in [6.45, 7) is 1.15. The van der Waals surface area contributed by atoms with Crippen LogP contribution in [-0.4, -0.2) is 63.4 Å². The molecule has 1 saturated heterocycles. The molecule has 0 spiro atoms. The number of amides is 1. The second-order valence-electron chi connectivity index (χ2n) is 12.2. The number of carbonyl (C=O) groups excluding carboxylic acids is 1. The van der Waals surface area contributed by atoms with Crippen molar-refractivity contribution >= 4 is 11.9 Å². The van der Waals surface area contributed by atoms with Gasteiger partial charge in [0.2, 0.25) is 5.91 Å². The molecule has 5 rings (SSSR count). The fourth-order valence-electron chi connectivity index (χ4n) is 5.79. The van der Waals surface area contributed by atoms with Gasteiger partial charge in [0.25, 0.3) is 0 Å². The molecule has 0 radical (unpaired) electrons. The van der Waals surface area contributed by atoms with Crippen molar-refractivity contribution in [2.24, 2.45) is 0 Å². The number of ether oxygens (including phenoxy) is 2. The molecule has 5 N–H and O–H groups in total. The zero-order valence-corrected chi connectivity index (χ0v) is 26.9. The summed E-state index contributed by atoms with van der Waals surface area (Å²) in [5.41, 5.74) is 6.13.